The van der Waals surface area contributed by atoms with E-state index in [2.05, 4.69) is 20.8 Å². The molecule has 4 aromatic rings. The van der Waals surface area contributed by atoms with E-state index < -0.39 is 30.2 Å². The Morgan fingerprint density at radius 2 is 1.07 bits per heavy atom. The van der Waals surface area contributed by atoms with E-state index in [1.807, 2.05) is 60.7 Å². The first-order valence-corrected chi connectivity index (χ1v) is 25.0. The summed E-state index contributed by atoms with van der Waals surface area (Å²) in [4.78, 5) is 91.3. The van der Waals surface area contributed by atoms with Gasteiger partial charge >= 0.3 is 18.2 Å². The van der Waals surface area contributed by atoms with Crippen molar-refractivity contribution >= 4 is 77.6 Å². The molecule has 2 atom stereocenters. The van der Waals surface area contributed by atoms with Crippen LogP contribution in [0.3, 0.4) is 0 Å². The van der Waals surface area contributed by atoms with Crippen molar-refractivity contribution in [1.29, 1.82) is 0 Å². The molecular weight excluding hydrogens is 925 g/mol. The van der Waals surface area contributed by atoms with E-state index in [1.54, 1.807) is 55.6 Å². The number of cyclic esters (lactones) is 1. The van der Waals surface area contributed by atoms with Crippen molar-refractivity contribution in [2.24, 2.45) is 0 Å². The molecule has 366 valence electrons. The number of aliphatic hydroxyl groups excluding tert-OH is 1. The second-order valence-electron chi connectivity index (χ2n) is 16.1. The molecule has 68 heavy (non-hydrogen) atoms. The third-order valence-electron chi connectivity index (χ3n) is 12.0. The van der Waals surface area contributed by atoms with Crippen molar-refractivity contribution in [3.63, 3.8) is 0 Å². The Bertz CT molecular complexity index is 2230. The number of carbonyl (C=O) groups excluding carboxylic acids is 7. The van der Waals surface area contributed by atoms with Crippen molar-refractivity contribution in [2.45, 2.75) is 89.9 Å². The Hall–Kier alpha value is -5.95. The van der Waals surface area contributed by atoms with Gasteiger partial charge in [0.15, 0.2) is 6.73 Å². The number of hydrogen-bond acceptors (Lipinski definition) is 11. The van der Waals surface area contributed by atoms with Crippen molar-refractivity contribution in [3.05, 3.63) is 143 Å². The molecule has 3 heterocycles. The molecule has 1 fully saturated rings. The molecule has 18 heteroatoms. The predicted molar refractivity (Wildman–Crippen MR) is 270 cm³/mol. The molecule has 3 aliphatic rings. The van der Waals surface area contributed by atoms with Gasteiger partial charge in [-0.3, -0.25) is 33.9 Å². The molecule has 1 N–H and O–H groups in total. The lowest BCUT2D eigenvalue weighted by Gasteiger charge is -2.26. The smallest absolute Gasteiger partial charge is 0.413 e. The number of hydrogen-bond donors (Lipinski definition) is 1. The molecule has 0 aliphatic carbocycles. The minimum absolute atomic E-state index is 0. The third-order valence-corrected chi connectivity index (χ3v) is 15.4. The number of carbonyl (C=O) groups is 7. The Labute approximate surface area is 414 Å². The zero-order valence-corrected chi connectivity index (χ0v) is 42.3. The van der Waals surface area contributed by atoms with Crippen LogP contribution < -0.4 is 0 Å². The van der Waals surface area contributed by atoms with Crippen molar-refractivity contribution in [1.82, 2.24) is 19.6 Å². The maximum absolute atomic E-state index is 12.4. The van der Waals surface area contributed by atoms with E-state index in [1.165, 1.54) is 37.7 Å². The SMILES string of the molecule is CC[SiH](CC)CC.CN(C(=O)OCc1ccccc1)[C@H](CO)CCCN1C(=O)c2ccccc2C1=O.O=C1OCN(C(=O)OCc2ccccc2)[C@H]1CCCN1C(=O)c2ccccc2C1=O.S.S. The number of likely N-dealkylation sites (N-methyl/N-ethyl adjacent to an activating group) is 1. The summed E-state index contributed by atoms with van der Waals surface area (Å²) in [6.45, 7) is 7.18. The van der Waals surface area contributed by atoms with Crippen molar-refractivity contribution < 1.29 is 52.9 Å². The summed E-state index contributed by atoms with van der Waals surface area (Å²) < 4.78 is 15.6. The van der Waals surface area contributed by atoms with Crippen LogP contribution in [0.2, 0.25) is 18.1 Å². The highest BCUT2D eigenvalue weighted by molar-refractivity contribution is 7.59. The summed E-state index contributed by atoms with van der Waals surface area (Å²) in [7, 11) is 1.39. The standard InChI is InChI=1S/C22H20N2O6.C22H24N2O5.C6H16Si.2H2S/c25-19-16-9-4-5-10-17(16)20(26)23(19)12-6-11-18-21(27)30-14-24(18)22(28)29-13-15-7-2-1-3-8-15;1-23(22(28)29-15-16-8-3-2-4-9-16)17(14-25)10-7-13-24-20(26)18-11-5-6-12-19(18)21(24)27;1-4-7(5-2)6-3;;/h1-5,7-10,18H,6,11-14H2;2-6,8-9,11-12,17,25H,7,10,13-15H2,1H3;7H,4-6H2,1-3H3;2*1H2/t18-;17-;;;/m00.../s1. The summed E-state index contributed by atoms with van der Waals surface area (Å²) in [5.74, 6) is -1.81. The van der Waals surface area contributed by atoms with Gasteiger partial charge in [-0.05, 0) is 61.1 Å². The Kier molecular flexibility index (Phi) is 23.5. The quantitative estimate of drug-likeness (QED) is 0.0473. The van der Waals surface area contributed by atoms with Crippen LogP contribution in [0.4, 0.5) is 9.59 Å². The van der Waals surface area contributed by atoms with Gasteiger partial charge in [-0.2, -0.15) is 27.0 Å². The number of nitrogens with zero attached hydrogens (tertiary/aromatic N) is 4. The lowest BCUT2D eigenvalue weighted by molar-refractivity contribution is -0.139. The normalized spacial score (nSPS) is 14.9. The van der Waals surface area contributed by atoms with Gasteiger partial charge in [0.2, 0.25) is 0 Å². The number of fused-ring (bicyclic) bond motifs is 2. The number of esters is 1. The van der Waals surface area contributed by atoms with Gasteiger partial charge in [-0.1, -0.05) is 124 Å². The molecule has 0 saturated carbocycles. The molecule has 0 unspecified atom stereocenters. The minimum Gasteiger partial charge on any atom is -0.445 e. The van der Waals surface area contributed by atoms with Gasteiger partial charge in [0.1, 0.15) is 19.3 Å². The molecule has 7 rings (SSSR count). The van der Waals surface area contributed by atoms with Crippen LogP contribution in [0, 0.1) is 0 Å². The fraction of sp³-hybridized carbons (Fsp3) is 0.380. The summed E-state index contributed by atoms with van der Waals surface area (Å²) in [6, 6.07) is 35.1. The Balaban J connectivity index is 0.000000308. The van der Waals surface area contributed by atoms with Gasteiger partial charge in [0, 0.05) is 28.9 Å². The maximum Gasteiger partial charge on any atom is 0.413 e. The van der Waals surface area contributed by atoms with Gasteiger partial charge < -0.3 is 24.2 Å². The van der Waals surface area contributed by atoms with Gasteiger partial charge in [-0.15, -0.1) is 0 Å². The van der Waals surface area contributed by atoms with Crippen LogP contribution in [-0.4, -0.2) is 121 Å². The van der Waals surface area contributed by atoms with Gasteiger partial charge in [-0.25, -0.2) is 14.4 Å². The number of ether oxygens (including phenoxy) is 3. The summed E-state index contributed by atoms with van der Waals surface area (Å²) >= 11 is 0. The Morgan fingerprint density at radius 3 is 1.49 bits per heavy atom. The fourth-order valence-corrected chi connectivity index (χ4v) is 9.49. The average molecular weight is 989 g/mol. The lowest BCUT2D eigenvalue weighted by Crippen LogP contribution is -2.40. The first kappa shape index (κ1) is 56.4. The van der Waals surface area contributed by atoms with Crippen LogP contribution in [-0.2, 0) is 32.2 Å². The summed E-state index contributed by atoms with van der Waals surface area (Å²) in [5, 5.41) is 9.67. The topological polar surface area (TPSA) is 180 Å². The molecule has 4 aromatic carbocycles. The van der Waals surface area contributed by atoms with E-state index in [9.17, 15) is 38.7 Å². The molecule has 0 spiro atoms. The van der Waals surface area contributed by atoms with E-state index in [4.69, 9.17) is 14.2 Å². The summed E-state index contributed by atoms with van der Waals surface area (Å²) in [5.41, 5.74) is 3.30. The van der Waals surface area contributed by atoms with E-state index >= 15 is 0 Å². The van der Waals surface area contributed by atoms with E-state index in [-0.39, 0.29) is 105 Å². The highest BCUT2D eigenvalue weighted by atomic mass is 32.1. The maximum atomic E-state index is 12.4. The lowest BCUT2D eigenvalue weighted by atomic mass is 10.1. The fourth-order valence-electron chi connectivity index (χ4n) is 7.76. The Morgan fingerprint density at radius 1 is 0.662 bits per heavy atom. The van der Waals surface area contributed by atoms with Crippen LogP contribution in [0.5, 0.6) is 0 Å². The number of benzene rings is 4. The molecular formula is C50H64N4O11S2Si. The molecule has 0 radical (unpaired) electrons. The van der Waals surface area contributed by atoms with Crippen LogP contribution in [0.1, 0.15) is 99.0 Å². The van der Waals surface area contributed by atoms with Crippen LogP contribution in [0.15, 0.2) is 109 Å². The molecule has 3 aliphatic heterocycles. The number of imide groups is 2. The largest absolute Gasteiger partial charge is 0.445 e. The molecule has 0 aromatic heterocycles. The van der Waals surface area contributed by atoms with Crippen molar-refractivity contribution in [3.8, 4) is 0 Å². The highest BCUT2D eigenvalue weighted by Gasteiger charge is 2.40. The first-order chi connectivity index (χ1) is 31.9. The number of amides is 6. The molecule has 1 saturated heterocycles. The second kappa shape index (κ2) is 28.4. The zero-order chi connectivity index (χ0) is 47.6. The number of rotatable bonds is 17. The zero-order valence-electron chi connectivity index (χ0n) is 39.1. The van der Waals surface area contributed by atoms with Gasteiger partial charge in [0.25, 0.3) is 23.6 Å². The minimum atomic E-state index is -0.802. The molecule has 15 nitrogen and oxygen atoms in total. The van der Waals surface area contributed by atoms with E-state index in [0.29, 0.717) is 41.5 Å². The first-order valence-electron chi connectivity index (χ1n) is 22.5. The average Bonchev–Trinajstić information content (AvgIpc) is 3.93. The van der Waals surface area contributed by atoms with E-state index in [0.717, 1.165) is 11.1 Å². The predicted octanol–water partition coefficient (Wildman–Crippen LogP) is 7.78. The monoisotopic (exact) mass is 988 g/mol. The number of aliphatic hydroxyl groups is 1. The third kappa shape index (κ3) is 14.8. The second-order valence-corrected chi connectivity index (χ2v) is 20.3. The van der Waals surface area contributed by atoms with Crippen LogP contribution in [0.25, 0.3) is 0 Å². The highest BCUT2D eigenvalue weighted by Crippen LogP contribution is 2.25. The van der Waals surface area contributed by atoms with Crippen LogP contribution >= 0.6 is 27.0 Å². The van der Waals surface area contributed by atoms with Gasteiger partial charge in [0.05, 0.1) is 34.9 Å². The molecule has 6 amide bonds. The summed E-state index contributed by atoms with van der Waals surface area (Å²) in [6.07, 6.45) is 0.331. The van der Waals surface area contributed by atoms with Crippen molar-refractivity contribution in [2.75, 3.05) is 33.5 Å². The molecule has 0 bridgehead atoms.